The molecule has 0 aromatic heterocycles. The third kappa shape index (κ3) is 4.67. The van der Waals surface area contributed by atoms with Gasteiger partial charge in [0.25, 0.3) is 11.8 Å². The Morgan fingerprint density at radius 2 is 2.00 bits per heavy atom. The molecule has 1 aliphatic rings. The first-order chi connectivity index (χ1) is 13.5. The predicted molar refractivity (Wildman–Crippen MR) is 104 cm³/mol. The fourth-order valence-corrected chi connectivity index (χ4v) is 3.03. The Kier molecular flexibility index (Phi) is 6.26. The molecule has 0 bridgehead atoms. The molecule has 0 saturated heterocycles. The fourth-order valence-electron chi connectivity index (χ4n) is 2.86. The van der Waals surface area contributed by atoms with E-state index >= 15 is 0 Å². The third-order valence-electron chi connectivity index (χ3n) is 4.28. The van der Waals surface area contributed by atoms with Gasteiger partial charge in [-0.3, -0.25) is 9.59 Å². The van der Waals surface area contributed by atoms with Crippen LogP contribution in [-0.2, 0) is 4.79 Å². The van der Waals surface area contributed by atoms with Crippen molar-refractivity contribution >= 4 is 23.4 Å². The van der Waals surface area contributed by atoms with Gasteiger partial charge in [0.1, 0.15) is 12.4 Å². The van der Waals surface area contributed by atoms with Crippen molar-refractivity contribution in [2.75, 3.05) is 26.3 Å². The van der Waals surface area contributed by atoms with Crippen LogP contribution in [0.15, 0.2) is 42.5 Å². The smallest absolute Gasteiger partial charge is 0.260 e. The summed E-state index contributed by atoms with van der Waals surface area (Å²) in [7, 11) is 0. The van der Waals surface area contributed by atoms with E-state index in [0.717, 1.165) is 0 Å². The van der Waals surface area contributed by atoms with Crippen molar-refractivity contribution in [1.82, 2.24) is 4.90 Å². The van der Waals surface area contributed by atoms with E-state index in [1.807, 2.05) is 31.2 Å². The van der Waals surface area contributed by atoms with Gasteiger partial charge in [0.15, 0.2) is 24.2 Å². The average molecular weight is 405 g/mol. The molecule has 2 aromatic rings. The second kappa shape index (κ2) is 8.84. The molecule has 1 heterocycles. The Labute approximate surface area is 167 Å². The van der Waals surface area contributed by atoms with Crippen LogP contribution in [0.4, 0.5) is 0 Å². The first-order valence-electron chi connectivity index (χ1n) is 8.86. The lowest BCUT2D eigenvalue weighted by Crippen LogP contribution is -2.45. The summed E-state index contributed by atoms with van der Waals surface area (Å²) in [6, 6.07) is 11.9. The molecule has 148 valence electrons. The quantitative estimate of drug-likeness (QED) is 0.765. The Morgan fingerprint density at radius 1 is 1.25 bits per heavy atom. The van der Waals surface area contributed by atoms with Crippen molar-refractivity contribution in [2.45, 2.75) is 13.0 Å². The lowest BCUT2D eigenvalue weighted by atomic mass is 10.2. The van der Waals surface area contributed by atoms with Crippen LogP contribution in [0.3, 0.4) is 0 Å². The van der Waals surface area contributed by atoms with Gasteiger partial charge < -0.3 is 24.8 Å². The van der Waals surface area contributed by atoms with Gasteiger partial charge >= 0.3 is 0 Å². The Balaban J connectivity index is 1.60. The molecule has 0 aliphatic carbocycles. The number of hydrogen-bond acceptors (Lipinski definition) is 5. The Morgan fingerprint density at radius 3 is 2.71 bits per heavy atom. The van der Waals surface area contributed by atoms with Crippen LogP contribution in [0.1, 0.15) is 17.3 Å². The lowest BCUT2D eigenvalue weighted by molar-refractivity contribution is -0.134. The van der Waals surface area contributed by atoms with Crippen LogP contribution < -0.4 is 19.9 Å². The summed E-state index contributed by atoms with van der Waals surface area (Å²) in [5.41, 5.74) is 5.46. The van der Waals surface area contributed by atoms with Crippen LogP contribution in [-0.4, -0.2) is 49.1 Å². The van der Waals surface area contributed by atoms with Gasteiger partial charge in [0.2, 0.25) is 0 Å². The number of likely N-dealkylation sites (N-methyl/N-ethyl adjacent to an activating group) is 1. The van der Waals surface area contributed by atoms with Crippen LogP contribution in [0.25, 0.3) is 0 Å². The number of hydrogen-bond donors (Lipinski definition) is 1. The molecule has 0 saturated carbocycles. The van der Waals surface area contributed by atoms with Crippen LogP contribution >= 0.6 is 11.6 Å². The van der Waals surface area contributed by atoms with E-state index in [0.29, 0.717) is 36.2 Å². The minimum absolute atomic E-state index is 0.129. The molecule has 3 rings (SSSR count). The minimum atomic E-state index is -0.677. The van der Waals surface area contributed by atoms with E-state index < -0.39 is 5.91 Å². The highest BCUT2D eigenvalue weighted by molar-refractivity contribution is 6.31. The molecule has 7 nitrogen and oxygen atoms in total. The number of ether oxygens (including phenoxy) is 3. The number of primary amides is 1. The molecule has 8 heteroatoms. The highest BCUT2D eigenvalue weighted by Gasteiger charge is 2.25. The molecule has 2 amide bonds. The van der Waals surface area contributed by atoms with Gasteiger partial charge in [-0.25, -0.2) is 0 Å². The molecule has 1 unspecified atom stereocenters. The number of halogens is 1. The van der Waals surface area contributed by atoms with Crippen LogP contribution in [0.2, 0.25) is 5.02 Å². The SMILES string of the molecule is CCN(CC1COc2ccccc2O1)C(=O)COc1ccc(Cl)cc1C(N)=O. The number of nitrogens with two attached hydrogens (primary N) is 1. The lowest BCUT2D eigenvalue weighted by Gasteiger charge is -2.30. The molecule has 28 heavy (non-hydrogen) atoms. The predicted octanol–water partition coefficient (Wildman–Crippen LogP) is 2.51. The normalized spacial score (nSPS) is 15.0. The van der Waals surface area contributed by atoms with E-state index in [9.17, 15) is 9.59 Å². The molecule has 2 N–H and O–H groups in total. The largest absolute Gasteiger partial charge is 0.486 e. The first kappa shape index (κ1) is 19.8. The van der Waals surface area contributed by atoms with Crippen molar-refractivity contribution in [3.8, 4) is 17.2 Å². The average Bonchev–Trinajstić information content (AvgIpc) is 2.70. The standard InChI is InChI=1S/C20H21ClN2O5/c1-2-23(10-14-11-26-17-5-3-4-6-18(17)28-14)19(24)12-27-16-8-7-13(21)9-15(16)20(22)25/h3-9,14H,2,10-12H2,1H3,(H2,22,25). The molecule has 0 fully saturated rings. The maximum Gasteiger partial charge on any atom is 0.260 e. The zero-order chi connectivity index (χ0) is 20.1. The molecule has 1 aliphatic heterocycles. The summed E-state index contributed by atoms with van der Waals surface area (Å²) in [6.45, 7) is 2.82. The number of carbonyl (C=O) groups excluding carboxylic acids is 2. The van der Waals surface area contributed by atoms with Crippen molar-refractivity contribution in [3.63, 3.8) is 0 Å². The van der Waals surface area contributed by atoms with Gasteiger partial charge in [-0.2, -0.15) is 0 Å². The molecule has 0 spiro atoms. The summed E-state index contributed by atoms with van der Waals surface area (Å²) < 4.78 is 17.1. The maximum absolute atomic E-state index is 12.6. The summed E-state index contributed by atoms with van der Waals surface area (Å²) in [6.07, 6.45) is -0.282. The van der Waals surface area contributed by atoms with Crippen molar-refractivity contribution in [3.05, 3.63) is 53.1 Å². The highest BCUT2D eigenvalue weighted by atomic mass is 35.5. The van der Waals surface area contributed by atoms with Crippen molar-refractivity contribution < 1.29 is 23.8 Å². The number of rotatable bonds is 7. The summed E-state index contributed by atoms with van der Waals surface area (Å²) in [5.74, 6) is 0.649. The minimum Gasteiger partial charge on any atom is -0.486 e. The van der Waals surface area contributed by atoms with Gasteiger partial charge in [-0.1, -0.05) is 23.7 Å². The second-order valence-corrected chi connectivity index (χ2v) is 6.66. The van der Waals surface area contributed by atoms with Crippen molar-refractivity contribution in [1.29, 1.82) is 0 Å². The summed E-state index contributed by atoms with van der Waals surface area (Å²) in [4.78, 5) is 25.7. The number of carbonyl (C=O) groups is 2. The molecule has 0 radical (unpaired) electrons. The van der Waals surface area contributed by atoms with Gasteiger partial charge in [0, 0.05) is 11.6 Å². The van der Waals surface area contributed by atoms with E-state index in [1.165, 1.54) is 12.1 Å². The Hall–Kier alpha value is -2.93. The number of benzene rings is 2. The first-order valence-corrected chi connectivity index (χ1v) is 9.24. The van der Waals surface area contributed by atoms with Gasteiger partial charge in [-0.15, -0.1) is 0 Å². The van der Waals surface area contributed by atoms with Gasteiger partial charge in [0.05, 0.1) is 12.1 Å². The maximum atomic E-state index is 12.6. The van der Waals surface area contributed by atoms with Crippen LogP contribution in [0.5, 0.6) is 17.2 Å². The summed E-state index contributed by atoms with van der Waals surface area (Å²) in [5, 5.41) is 0.359. The monoisotopic (exact) mass is 404 g/mol. The molecule has 2 aromatic carbocycles. The third-order valence-corrected chi connectivity index (χ3v) is 4.52. The van der Waals surface area contributed by atoms with E-state index in [-0.39, 0.29) is 29.9 Å². The fraction of sp³-hybridized carbons (Fsp3) is 0.300. The van der Waals surface area contributed by atoms with E-state index in [2.05, 4.69) is 0 Å². The topological polar surface area (TPSA) is 91.1 Å². The highest BCUT2D eigenvalue weighted by Crippen LogP contribution is 2.31. The number of fused-ring (bicyclic) bond motifs is 1. The second-order valence-electron chi connectivity index (χ2n) is 6.22. The van der Waals surface area contributed by atoms with Crippen LogP contribution in [0, 0.1) is 0 Å². The van der Waals surface area contributed by atoms with Gasteiger partial charge in [-0.05, 0) is 37.3 Å². The molecule has 1 atom stereocenters. The molecular weight excluding hydrogens is 384 g/mol. The number of para-hydroxylation sites is 2. The number of nitrogens with zero attached hydrogens (tertiary/aromatic N) is 1. The number of amides is 2. The zero-order valence-corrected chi connectivity index (χ0v) is 16.1. The van der Waals surface area contributed by atoms with E-state index in [4.69, 9.17) is 31.5 Å². The Bertz CT molecular complexity index is 873. The zero-order valence-electron chi connectivity index (χ0n) is 15.4. The summed E-state index contributed by atoms with van der Waals surface area (Å²) >= 11 is 5.88. The van der Waals surface area contributed by atoms with E-state index in [1.54, 1.807) is 11.0 Å². The molecular formula is C20H21ClN2O5. The van der Waals surface area contributed by atoms with Crippen molar-refractivity contribution in [2.24, 2.45) is 5.73 Å².